The van der Waals surface area contributed by atoms with E-state index in [9.17, 15) is 4.79 Å². The Morgan fingerprint density at radius 3 is 2.31 bits per heavy atom. The number of rotatable bonds is 6. The fourth-order valence-electron chi connectivity index (χ4n) is 3.74. The van der Waals surface area contributed by atoms with Gasteiger partial charge in [0.25, 0.3) is 0 Å². The molecule has 0 aromatic heterocycles. The van der Waals surface area contributed by atoms with Gasteiger partial charge in [-0.3, -0.25) is 4.79 Å². The molecule has 138 valence electrons. The zero-order valence-electron chi connectivity index (χ0n) is 15.2. The topological polar surface area (TPSA) is 47.6 Å². The first-order valence-corrected chi connectivity index (χ1v) is 9.22. The predicted molar refractivity (Wildman–Crippen MR) is 103 cm³/mol. The molecule has 0 bridgehead atoms. The van der Waals surface area contributed by atoms with Gasteiger partial charge in [0.15, 0.2) is 11.5 Å². The second-order valence-corrected chi connectivity index (χ2v) is 7.10. The number of benzene rings is 2. The summed E-state index contributed by atoms with van der Waals surface area (Å²) >= 11 is 6.02. The Labute approximate surface area is 159 Å². The first-order valence-electron chi connectivity index (χ1n) is 8.84. The molecule has 5 heteroatoms. The maximum atomic E-state index is 13.1. The van der Waals surface area contributed by atoms with Crippen molar-refractivity contribution in [2.75, 3.05) is 14.2 Å². The number of nitrogens with one attached hydrogen (secondary N) is 1. The first-order chi connectivity index (χ1) is 12.6. The monoisotopic (exact) mass is 373 g/mol. The van der Waals surface area contributed by atoms with Crippen molar-refractivity contribution in [1.29, 1.82) is 0 Å². The summed E-state index contributed by atoms with van der Waals surface area (Å²) in [5.41, 5.74) is 1.56. The fourth-order valence-corrected chi connectivity index (χ4v) is 3.86. The van der Waals surface area contributed by atoms with Crippen molar-refractivity contribution in [1.82, 2.24) is 5.32 Å². The summed E-state index contributed by atoms with van der Waals surface area (Å²) in [5.74, 6) is 1.41. The lowest BCUT2D eigenvalue weighted by Gasteiger charge is -2.28. The molecule has 1 saturated carbocycles. The van der Waals surface area contributed by atoms with E-state index in [2.05, 4.69) is 5.32 Å². The van der Waals surface area contributed by atoms with Crippen LogP contribution in [0.5, 0.6) is 11.5 Å². The standard InChI is InChI=1S/C21H24ClNO3/c1-25-18-10-5-15(13-19(18)26-2)14-23-20(24)21(11-3-4-12-21)16-6-8-17(22)9-7-16/h5-10,13H,3-4,11-12,14H2,1-2H3,(H,23,24). The minimum atomic E-state index is -0.457. The molecule has 1 amide bonds. The summed E-state index contributed by atoms with van der Waals surface area (Å²) in [5, 5.41) is 3.80. The molecule has 26 heavy (non-hydrogen) atoms. The Morgan fingerprint density at radius 1 is 1.04 bits per heavy atom. The van der Waals surface area contributed by atoms with Crippen molar-refractivity contribution in [3.05, 3.63) is 58.6 Å². The smallest absolute Gasteiger partial charge is 0.230 e. The van der Waals surface area contributed by atoms with E-state index >= 15 is 0 Å². The summed E-state index contributed by atoms with van der Waals surface area (Å²) in [6, 6.07) is 13.4. The first kappa shape index (κ1) is 18.6. The molecule has 1 N–H and O–H groups in total. The van der Waals surface area contributed by atoms with Gasteiger partial charge in [0.2, 0.25) is 5.91 Å². The molecule has 3 rings (SSSR count). The minimum absolute atomic E-state index is 0.0760. The number of methoxy groups -OCH3 is 2. The van der Waals surface area contributed by atoms with Crippen molar-refractivity contribution < 1.29 is 14.3 Å². The van der Waals surface area contributed by atoms with Gasteiger partial charge in [0, 0.05) is 11.6 Å². The summed E-state index contributed by atoms with van der Waals surface area (Å²) < 4.78 is 10.6. The average Bonchev–Trinajstić information content (AvgIpc) is 3.17. The zero-order valence-corrected chi connectivity index (χ0v) is 15.9. The molecule has 1 aliphatic carbocycles. The highest BCUT2D eigenvalue weighted by atomic mass is 35.5. The Morgan fingerprint density at radius 2 is 1.69 bits per heavy atom. The fraction of sp³-hybridized carbons (Fsp3) is 0.381. The number of ether oxygens (including phenoxy) is 2. The van der Waals surface area contributed by atoms with Gasteiger partial charge in [-0.15, -0.1) is 0 Å². The maximum Gasteiger partial charge on any atom is 0.230 e. The van der Waals surface area contributed by atoms with E-state index in [4.69, 9.17) is 21.1 Å². The molecule has 0 atom stereocenters. The maximum absolute atomic E-state index is 13.1. The van der Waals surface area contributed by atoms with E-state index in [1.165, 1.54) is 0 Å². The molecular weight excluding hydrogens is 350 g/mol. The van der Waals surface area contributed by atoms with Gasteiger partial charge >= 0.3 is 0 Å². The van der Waals surface area contributed by atoms with Gasteiger partial charge in [-0.25, -0.2) is 0 Å². The number of carbonyl (C=O) groups excluding carboxylic acids is 1. The number of halogens is 1. The van der Waals surface area contributed by atoms with Gasteiger partial charge in [-0.1, -0.05) is 42.6 Å². The van der Waals surface area contributed by atoms with Crippen molar-refractivity contribution in [2.24, 2.45) is 0 Å². The number of hydrogen-bond acceptors (Lipinski definition) is 3. The lowest BCUT2D eigenvalue weighted by Crippen LogP contribution is -2.42. The molecular formula is C21H24ClNO3. The average molecular weight is 374 g/mol. The molecule has 1 fully saturated rings. The van der Waals surface area contributed by atoms with Crippen LogP contribution < -0.4 is 14.8 Å². The van der Waals surface area contributed by atoms with Crippen molar-refractivity contribution in [3.8, 4) is 11.5 Å². The second-order valence-electron chi connectivity index (χ2n) is 6.67. The molecule has 4 nitrogen and oxygen atoms in total. The summed E-state index contributed by atoms with van der Waals surface area (Å²) in [4.78, 5) is 13.1. The molecule has 0 spiro atoms. The minimum Gasteiger partial charge on any atom is -0.493 e. The number of carbonyl (C=O) groups is 1. The third-order valence-corrected chi connectivity index (χ3v) is 5.44. The van der Waals surface area contributed by atoms with E-state index in [0.29, 0.717) is 23.1 Å². The van der Waals surface area contributed by atoms with Gasteiger partial charge in [0.1, 0.15) is 0 Å². The molecule has 0 aliphatic heterocycles. The molecule has 2 aromatic carbocycles. The Kier molecular flexibility index (Phi) is 5.72. The van der Waals surface area contributed by atoms with Crippen LogP contribution in [0.25, 0.3) is 0 Å². The van der Waals surface area contributed by atoms with Gasteiger partial charge in [-0.05, 0) is 48.2 Å². The summed E-state index contributed by atoms with van der Waals surface area (Å²) in [7, 11) is 3.21. The highest BCUT2D eigenvalue weighted by Crippen LogP contribution is 2.41. The van der Waals surface area contributed by atoms with Crippen LogP contribution in [0.3, 0.4) is 0 Å². The van der Waals surface area contributed by atoms with Crippen LogP contribution in [0.15, 0.2) is 42.5 Å². The quantitative estimate of drug-likeness (QED) is 0.811. The molecule has 0 radical (unpaired) electrons. The van der Waals surface area contributed by atoms with Crippen LogP contribution >= 0.6 is 11.6 Å². The largest absolute Gasteiger partial charge is 0.493 e. The summed E-state index contributed by atoms with van der Waals surface area (Å²) in [6.45, 7) is 0.453. The van der Waals surface area contributed by atoms with Crippen LogP contribution in [0.2, 0.25) is 5.02 Å². The lowest BCUT2D eigenvalue weighted by atomic mass is 9.78. The molecule has 0 heterocycles. The highest BCUT2D eigenvalue weighted by Gasteiger charge is 2.42. The van der Waals surface area contributed by atoms with Gasteiger partial charge in [0.05, 0.1) is 19.6 Å². The summed E-state index contributed by atoms with van der Waals surface area (Å²) in [6.07, 6.45) is 3.86. The Bertz CT molecular complexity index is 767. The van der Waals surface area contributed by atoms with E-state index in [1.54, 1.807) is 14.2 Å². The number of hydrogen-bond donors (Lipinski definition) is 1. The van der Waals surface area contributed by atoms with Crippen LogP contribution in [-0.4, -0.2) is 20.1 Å². The van der Waals surface area contributed by atoms with Crippen molar-refractivity contribution >= 4 is 17.5 Å². The zero-order chi connectivity index (χ0) is 18.6. The predicted octanol–water partition coefficient (Wildman–Crippen LogP) is 4.49. The molecule has 2 aromatic rings. The highest BCUT2D eigenvalue weighted by molar-refractivity contribution is 6.30. The third-order valence-electron chi connectivity index (χ3n) is 5.19. The third kappa shape index (κ3) is 3.65. The van der Waals surface area contributed by atoms with E-state index in [1.807, 2.05) is 42.5 Å². The number of amides is 1. The second kappa shape index (κ2) is 8.00. The van der Waals surface area contributed by atoms with E-state index < -0.39 is 5.41 Å². The van der Waals surface area contributed by atoms with E-state index in [0.717, 1.165) is 36.8 Å². The van der Waals surface area contributed by atoms with Gasteiger partial charge in [-0.2, -0.15) is 0 Å². The SMILES string of the molecule is COc1ccc(CNC(=O)C2(c3ccc(Cl)cc3)CCCC2)cc1OC. The Balaban J connectivity index is 1.76. The lowest BCUT2D eigenvalue weighted by molar-refractivity contribution is -0.126. The van der Waals surface area contributed by atoms with Crippen LogP contribution in [0.4, 0.5) is 0 Å². The molecule has 1 aliphatic rings. The van der Waals surface area contributed by atoms with Crippen LogP contribution in [0, 0.1) is 0 Å². The van der Waals surface area contributed by atoms with Crippen LogP contribution in [-0.2, 0) is 16.8 Å². The Hall–Kier alpha value is -2.20. The van der Waals surface area contributed by atoms with E-state index in [-0.39, 0.29) is 5.91 Å². The molecule has 0 saturated heterocycles. The van der Waals surface area contributed by atoms with Crippen molar-refractivity contribution in [3.63, 3.8) is 0 Å². The molecule has 0 unspecified atom stereocenters. The van der Waals surface area contributed by atoms with Gasteiger partial charge < -0.3 is 14.8 Å². The normalized spacial score (nSPS) is 15.5. The van der Waals surface area contributed by atoms with Crippen LogP contribution in [0.1, 0.15) is 36.8 Å². The van der Waals surface area contributed by atoms with Crippen molar-refractivity contribution in [2.45, 2.75) is 37.6 Å².